The van der Waals surface area contributed by atoms with E-state index in [0.29, 0.717) is 38.5 Å². The molecule has 3 heterocycles. The monoisotopic (exact) mass is 561 g/mol. The highest BCUT2D eigenvalue weighted by Gasteiger charge is 2.26. The number of morpholine rings is 1. The van der Waals surface area contributed by atoms with Gasteiger partial charge in [0.2, 0.25) is 10.0 Å². The maximum absolute atomic E-state index is 13.0. The molecule has 0 unspecified atom stereocenters. The van der Waals surface area contributed by atoms with Crippen LogP contribution in [0.4, 0.5) is 5.69 Å². The first-order valence-corrected chi connectivity index (χ1v) is 14.8. The van der Waals surface area contributed by atoms with Crippen molar-refractivity contribution in [1.29, 1.82) is 0 Å². The maximum atomic E-state index is 13.0. The summed E-state index contributed by atoms with van der Waals surface area (Å²) in [5.74, 6) is 1.64. The molecule has 1 aliphatic rings. The Morgan fingerprint density at radius 2 is 1.74 bits per heavy atom. The molecule has 200 valence electrons. The highest BCUT2D eigenvalue weighted by molar-refractivity contribution is 7.89. The summed E-state index contributed by atoms with van der Waals surface area (Å²) in [6, 6.07) is 22.9. The van der Waals surface area contributed by atoms with Gasteiger partial charge in [0.1, 0.15) is 11.5 Å². The summed E-state index contributed by atoms with van der Waals surface area (Å²) in [6.07, 6.45) is 1.66. The van der Waals surface area contributed by atoms with Crippen molar-refractivity contribution < 1.29 is 22.3 Å². The number of hydrogen-bond donors (Lipinski definition) is 0. The fourth-order valence-corrected chi connectivity index (χ4v) is 6.95. The third-order valence-electron chi connectivity index (χ3n) is 6.70. The van der Waals surface area contributed by atoms with Gasteiger partial charge in [-0.15, -0.1) is 11.3 Å². The number of hydrogen-bond acceptors (Lipinski definition) is 7. The molecule has 39 heavy (non-hydrogen) atoms. The van der Waals surface area contributed by atoms with Crippen molar-refractivity contribution in [2.75, 3.05) is 33.4 Å². The normalized spacial score (nSPS) is 15.2. The van der Waals surface area contributed by atoms with E-state index in [1.165, 1.54) is 15.6 Å². The van der Waals surface area contributed by atoms with Gasteiger partial charge < -0.3 is 18.5 Å². The number of furan rings is 1. The molecule has 1 fully saturated rings. The smallest absolute Gasteiger partial charge is 0.243 e. The summed E-state index contributed by atoms with van der Waals surface area (Å²) in [5.41, 5.74) is 2.74. The van der Waals surface area contributed by atoms with Crippen LogP contribution in [-0.2, 0) is 21.3 Å². The van der Waals surface area contributed by atoms with Crippen molar-refractivity contribution >= 4 is 37.8 Å². The van der Waals surface area contributed by atoms with Crippen molar-refractivity contribution in [1.82, 2.24) is 8.87 Å². The first kappa shape index (κ1) is 25.6. The molecular formula is C29H27N3O5S2. The number of fused-ring (bicyclic) bond motifs is 1. The molecule has 1 saturated heterocycles. The Morgan fingerprint density at radius 1 is 0.974 bits per heavy atom. The molecular weight excluding hydrogens is 534 g/mol. The molecule has 0 spiro atoms. The fourth-order valence-electron chi connectivity index (χ4n) is 4.61. The summed E-state index contributed by atoms with van der Waals surface area (Å²) in [6.45, 7) is 2.06. The zero-order valence-corrected chi connectivity index (χ0v) is 23.0. The van der Waals surface area contributed by atoms with E-state index in [1.807, 2.05) is 24.3 Å². The number of aromatic nitrogens is 1. The molecule has 10 heteroatoms. The zero-order chi connectivity index (χ0) is 26.8. The number of sulfonamides is 1. The number of benzene rings is 3. The van der Waals surface area contributed by atoms with Gasteiger partial charge in [0.05, 0.1) is 49.4 Å². The topological polar surface area (TPSA) is 86.3 Å². The molecule has 0 amide bonds. The van der Waals surface area contributed by atoms with Crippen LogP contribution >= 0.6 is 11.3 Å². The quantitative estimate of drug-likeness (QED) is 0.270. The second-order valence-electron chi connectivity index (χ2n) is 9.12. The zero-order valence-electron chi connectivity index (χ0n) is 21.3. The number of methoxy groups -OCH3 is 1. The van der Waals surface area contributed by atoms with Crippen molar-refractivity contribution in [3.63, 3.8) is 0 Å². The predicted molar refractivity (Wildman–Crippen MR) is 151 cm³/mol. The minimum absolute atomic E-state index is 0.256. The van der Waals surface area contributed by atoms with Crippen LogP contribution in [0, 0.1) is 0 Å². The second kappa shape index (κ2) is 10.8. The summed E-state index contributed by atoms with van der Waals surface area (Å²) in [5, 5.41) is 4.30. The molecule has 0 atom stereocenters. The minimum atomic E-state index is -3.56. The van der Waals surface area contributed by atoms with Crippen LogP contribution in [-0.4, -0.2) is 50.7 Å². The van der Waals surface area contributed by atoms with E-state index in [2.05, 4.69) is 34.2 Å². The van der Waals surface area contributed by atoms with Crippen LogP contribution in [0.25, 0.3) is 22.0 Å². The van der Waals surface area contributed by atoms with Crippen molar-refractivity contribution in [3.05, 3.63) is 95.0 Å². The summed E-state index contributed by atoms with van der Waals surface area (Å²) >= 11 is 1.53. The lowest BCUT2D eigenvalue weighted by Crippen LogP contribution is -2.40. The Morgan fingerprint density at radius 3 is 2.49 bits per heavy atom. The van der Waals surface area contributed by atoms with E-state index in [0.717, 1.165) is 38.3 Å². The molecule has 0 N–H and O–H groups in total. The maximum Gasteiger partial charge on any atom is 0.243 e. The van der Waals surface area contributed by atoms with Crippen LogP contribution < -0.4 is 9.54 Å². The average Bonchev–Trinajstić information content (AvgIpc) is 3.64. The van der Waals surface area contributed by atoms with E-state index >= 15 is 0 Å². The van der Waals surface area contributed by atoms with Crippen LogP contribution in [0.5, 0.6) is 5.75 Å². The summed E-state index contributed by atoms with van der Waals surface area (Å²) in [4.78, 5) is 5.92. The van der Waals surface area contributed by atoms with E-state index in [-0.39, 0.29) is 4.90 Å². The molecule has 3 aromatic carbocycles. The van der Waals surface area contributed by atoms with Gasteiger partial charge in [-0.05, 0) is 70.9 Å². The number of nitrogens with zero attached hydrogens (tertiary/aromatic N) is 3. The minimum Gasteiger partial charge on any atom is -0.497 e. The second-order valence-corrected chi connectivity index (χ2v) is 11.9. The van der Waals surface area contributed by atoms with Gasteiger partial charge >= 0.3 is 0 Å². The molecule has 0 saturated carbocycles. The highest BCUT2D eigenvalue weighted by Crippen LogP contribution is 2.28. The van der Waals surface area contributed by atoms with Crippen LogP contribution in [0.15, 0.2) is 98.7 Å². The van der Waals surface area contributed by atoms with Crippen molar-refractivity contribution in [3.8, 4) is 17.0 Å². The highest BCUT2D eigenvalue weighted by atomic mass is 32.2. The molecule has 0 bridgehead atoms. The number of ether oxygens (including phenoxy) is 2. The Bertz CT molecular complexity index is 1770. The van der Waals surface area contributed by atoms with Gasteiger partial charge in [-0.1, -0.05) is 18.2 Å². The molecule has 6 rings (SSSR count). The van der Waals surface area contributed by atoms with Gasteiger partial charge in [0.15, 0.2) is 4.80 Å². The molecule has 0 radical (unpaired) electrons. The summed E-state index contributed by atoms with van der Waals surface area (Å²) in [7, 11) is -1.89. The van der Waals surface area contributed by atoms with Gasteiger partial charge in [-0.25, -0.2) is 13.4 Å². The molecule has 8 nitrogen and oxygen atoms in total. The van der Waals surface area contributed by atoms with Crippen LogP contribution in [0.1, 0.15) is 5.76 Å². The molecule has 0 aliphatic carbocycles. The van der Waals surface area contributed by atoms with E-state index in [9.17, 15) is 8.42 Å². The van der Waals surface area contributed by atoms with Crippen molar-refractivity contribution in [2.45, 2.75) is 11.4 Å². The van der Waals surface area contributed by atoms with Gasteiger partial charge in [-0.2, -0.15) is 4.31 Å². The largest absolute Gasteiger partial charge is 0.497 e. The Kier molecular flexibility index (Phi) is 7.09. The number of rotatable bonds is 7. The van der Waals surface area contributed by atoms with Crippen LogP contribution in [0.3, 0.4) is 0 Å². The van der Waals surface area contributed by atoms with Gasteiger partial charge in [0, 0.05) is 18.5 Å². The lowest BCUT2D eigenvalue weighted by atomic mass is 10.1. The number of thiazole rings is 1. The van der Waals surface area contributed by atoms with Crippen molar-refractivity contribution in [2.24, 2.45) is 4.99 Å². The molecule has 5 aromatic rings. The lowest BCUT2D eigenvalue weighted by molar-refractivity contribution is 0.0730. The Hall–Kier alpha value is -3.70. The average molecular weight is 562 g/mol. The standard InChI is InChI=1S/C29H27N3O5S2/c1-35-25-9-6-21-17-23(5-4-22(21)18-25)28-20-38-29(32(28)19-26-3-2-14-37-26)30-24-7-10-27(11-8-24)39(33,34)31-12-15-36-16-13-31/h2-11,14,17-18,20H,12-13,15-16,19H2,1H3. The Balaban J connectivity index is 1.37. The molecule has 2 aromatic heterocycles. The van der Waals surface area contributed by atoms with Crippen LogP contribution in [0.2, 0.25) is 0 Å². The van der Waals surface area contributed by atoms with Gasteiger partial charge in [-0.3, -0.25) is 0 Å². The lowest BCUT2D eigenvalue weighted by Gasteiger charge is -2.26. The SMILES string of the molecule is COc1ccc2cc(-c3csc(=Nc4ccc(S(=O)(=O)N5CCOCC5)cc4)n3Cc3ccco3)ccc2c1. The molecule has 1 aliphatic heterocycles. The van der Waals surface area contributed by atoms with E-state index < -0.39 is 10.0 Å². The van der Waals surface area contributed by atoms with E-state index in [1.54, 1.807) is 37.6 Å². The first-order chi connectivity index (χ1) is 19.0. The predicted octanol–water partition coefficient (Wildman–Crippen LogP) is 5.27. The third-order valence-corrected chi connectivity index (χ3v) is 9.48. The third kappa shape index (κ3) is 5.28. The van der Waals surface area contributed by atoms with Gasteiger partial charge in [0.25, 0.3) is 0 Å². The fraction of sp³-hybridized carbons (Fsp3) is 0.207. The summed E-state index contributed by atoms with van der Waals surface area (Å²) < 4.78 is 45.9. The van der Waals surface area contributed by atoms with E-state index in [4.69, 9.17) is 18.9 Å². The first-order valence-electron chi connectivity index (χ1n) is 12.5. The Labute approximate surface area is 230 Å².